The van der Waals surface area contributed by atoms with Gasteiger partial charge in [0.25, 0.3) is 0 Å². The molecule has 220 valence electrons. The zero-order chi connectivity index (χ0) is 29.1. The number of amides is 2. The summed E-state index contributed by atoms with van der Waals surface area (Å²) < 4.78 is 32.0. The van der Waals surface area contributed by atoms with E-state index in [-0.39, 0.29) is 30.8 Å². The van der Waals surface area contributed by atoms with Gasteiger partial charge in [-0.2, -0.15) is 0 Å². The van der Waals surface area contributed by atoms with Gasteiger partial charge >= 0.3 is 0 Å². The molecule has 0 aromatic heterocycles. The standard InChI is InChI=1S/C31H45N3O5S/c1-5-29(31(36)32-26-15-8-7-9-16-26)33(23-25-14-11-10-13-24(25)3)30(35)17-12-22-34(40(4,37)38)27-18-20-28(21-19-27)39-6-2/h10-11,13-14,18-21,26,29H,5-9,12,15-17,22-23H2,1-4H3,(H,32,36). The maximum Gasteiger partial charge on any atom is 0.243 e. The number of carbonyl (C=O) groups is 2. The summed E-state index contributed by atoms with van der Waals surface area (Å²) in [5, 5.41) is 3.20. The van der Waals surface area contributed by atoms with E-state index in [1.807, 2.05) is 45.0 Å². The Kier molecular flexibility index (Phi) is 11.9. The van der Waals surface area contributed by atoms with Crippen molar-refractivity contribution in [1.29, 1.82) is 0 Å². The lowest BCUT2D eigenvalue weighted by molar-refractivity contribution is -0.141. The van der Waals surface area contributed by atoms with Crippen LogP contribution in [0, 0.1) is 6.92 Å². The maximum absolute atomic E-state index is 13.7. The van der Waals surface area contributed by atoms with Crippen LogP contribution in [0.2, 0.25) is 0 Å². The van der Waals surface area contributed by atoms with E-state index in [0.717, 1.165) is 36.8 Å². The van der Waals surface area contributed by atoms with Crippen LogP contribution in [-0.4, -0.2) is 56.6 Å². The van der Waals surface area contributed by atoms with Gasteiger partial charge in [0.2, 0.25) is 21.8 Å². The first kappa shape index (κ1) is 31.5. The van der Waals surface area contributed by atoms with Crippen molar-refractivity contribution in [1.82, 2.24) is 10.2 Å². The molecule has 1 aliphatic rings. The molecule has 0 aliphatic heterocycles. The number of benzene rings is 2. The van der Waals surface area contributed by atoms with Crippen LogP contribution in [0.3, 0.4) is 0 Å². The Labute approximate surface area is 240 Å². The number of ether oxygens (including phenoxy) is 1. The Bertz CT molecular complexity index is 1210. The lowest BCUT2D eigenvalue weighted by Crippen LogP contribution is -2.51. The average molecular weight is 572 g/mol. The van der Waals surface area contributed by atoms with Crippen molar-refractivity contribution in [2.24, 2.45) is 0 Å². The molecule has 0 heterocycles. The molecule has 9 heteroatoms. The fourth-order valence-electron chi connectivity index (χ4n) is 5.31. The normalized spacial score (nSPS) is 14.8. The summed E-state index contributed by atoms with van der Waals surface area (Å²) >= 11 is 0. The third-order valence-electron chi connectivity index (χ3n) is 7.53. The summed E-state index contributed by atoms with van der Waals surface area (Å²) in [6.07, 6.45) is 7.48. The SMILES string of the molecule is CCOc1ccc(N(CCCC(=O)N(Cc2ccccc2C)C(CC)C(=O)NC2CCCCC2)S(C)(=O)=O)cc1. The van der Waals surface area contributed by atoms with Crippen LogP contribution >= 0.6 is 0 Å². The van der Waals surface area contributed by atoms with Gasteiger partial charge in [-0.15, -0.1) is 0 Å². The molecule has 2 amide bonds. The molecule has 1 unspecified atom stereocenters. The zero-order valence-corrected chi connectivity index (χ0v) is 25.2. The topological polar surface area (TPSA) is 96.0 Å². The lowest BCUT2D eigenvalue weighted by Gasteiger charge is -2.33. The Morgan fingerprint density at radius 1 is 1.02 bits per heavy atom. The highest BCUT2D eigenvalue weighted by Gasteiger charge is 2.30. The number of aryl methyl sites for hydroxylation is 1. The second-order valence-electron chi connectivity index (χ2n) is 10.6. The van der Waals surface area contributed by atoms with Gasteiger partial charge in [0.05, 0.1) is 18.6 Å². The summed E-state index contributed by atoms with van der Waals surface area (Å²) in [6.45, 7) is 6.83. The van der Waals surface area contributed by atoms with Gasteiger partial charge in [-0.05, 0) is 74.9 Å². The van der Waals surface area contributed by atoms with E-state index in [4.69, 9.17) is 4.74 Å². The molecule has 0 radical (unpaired) electrons. The minimum absolute atomic E-state index is 0.108. The van der Waals surface area contributed by atoms with Gasteiger partial charge in [-0.25, -0.2) is 8.42 Å². The van der Waals surface area contributed by atoms with Crippen molar-refractivity contribution in [2.45, 2.75) is 90.8 Å². The molecule has 3 rings (SSSR count). The fourth-order valence-corrected chi connectivity index (χ4v) is 6.28. The summed E-state index contributed by atoms with van der Waals surface area (Å²) in [6, 6.07) is 14.3. The van der Waals surface area contributed by atoms with Crippen LogP contribution < -0.4 is 14.4 Å². The lowest BCUT2D eigenvalue weighted by atomic mass is 9.95. The Hall–Kier alpha value is -3.07. The molecule has 1 N–H and O–H groups in total. The van der Waals surface area contributed by atoms with Crippen LogP contribution in [0.1, 0.15) is 76.3 Å². The summed E-state index contributed by atoms with van der Waals surface area (Å²) in [5.74, 6) is 0.399. The largest absolute Gasteiger partial charge is 0.494 e. The van der Waals surface area contributed by atoms with Crippen molar-refractivity contribution >= 4 is 27.5 Å². The van der Waals surface area contributed by atoms with Gasteiger partial charge < -0.3 is 15.0 Å². The highest BCUT2D eigenvalue weighted by Crippen LogP contribution is 2.24. The second-order valence-corrected chi connectivity index (χ2v) is 12.5. The summed E-state index contributed by atoms with van der Waals surface area (Å²) in [5.41, 5.74) is 2.57. The van der Waals surface area contributed by atoms with E-state index in [2.05, 4.69) is 5.32 Å². The Morgan fingerprint density at radius 3 is 2.30 bits per heavy atom. The summed E-state index contributed by atoms with van der Waals surface area (Å²) in [4.78, 5) is 28.8. The Balaban J connectivity index is 1.75. The minimum Gasteiger partial charge on any atom is -0.494 e. The van der Waals surface area contributed by atoms with E-state index >= 15 is 0 Å². The van der Waals surface area contributed by atoms with Crippen molar-refractivity contribution in [3.05, 3.63) is 59.7 Å². The van der Waals surface area contributed by atoms with Crippen LogP contribution in [-0.2, 0) is 26.2 Å². The number of anilines is 1. The molecule has 0 saturated heterocycles. The van der Waals surface area contributed by atoms with E-state index in [1.165, 1.54) is 17.0 Å². The van der Waals surface area contributed by atoms with E-state index in [0.29, 0.717) is 37.4 Å². The van der Waals surface area contributed by atoms with Gasteiger partial charge in [-0.3, -0.25) is 13.9 Å². The number of sulfonamides is 1. The van der Waals surface area contributed by atoms with E-state index in [9.17, 15) is 18.0 Å². The molecular weight excluding hydrogens is 526 g/mol. The number of hydrogen-bond donors (Lipinski definition) is 1. The predicted octanol–water partition coefficient (Wildman–Crippen LogP) is 5.20. The second kappa shape index (κ2) is 15.1. The molecule has 8 nitrogen and oxygen atoms in total. The minimum atomic E-state index is -3.56. The monoisotopic (exact) mass is 571 g/mol. The van der Waals surface area contributed by atoms with Gasteiger partial charge in [0.1, 0.15) is 11.8 Å². The van der Waals surface area contributed by atoms with E-state index in [1.54, 1.807) is 29.2 Å². The molecule has 1 fully saturated rings. The van der Waals surface area contributed by atoms with Crippen LogP contribution in [0.15, 0.2) is 48.5 Å². The van der Waals surface area contributed by atoms with Gasteiger partial charge in [0, 0.05) is 25.6 Å². The maximum atomic E-state index is 13.7. The number of nitrogens with zero attached hydrogens (tertiary/aromatic N) is 2. The first-order chi connectivity index (χ1) is 19.1. The number of hydrogen-bond acceptors (Lipinski definition) is 5. The van der Waals surface area contributed by atoms with Crippen molar-refractivity contribution in [3.8, 4) is 5.75 Å². The molecule has 1 aliphatic carbocycles. The molecular formula is C31H45N3O5S. The average Bonchev–Trinajstić information content (AvgIpc) is 2.92. The van der Waals surface area contributed by atoms with E-state index < -0.39 is 16.1 Å². The number of carbonyl (C=O) groups excluding carboxylic acids is 2. The van der Waals surface area contributed by atoms with Gasteiger partial charge in [0.15, 0.2) is 0 Å². The van der Waals surface area contributed by atoms with Crippen LogP contribution in [0.5, 0.6) is 5.75 Å². The molecule has 2 aromatic carbocycles. The quantitative estimate of drug-likeness (QED) is 0.336. The number of nitrogens with one attached hydrogen (secondary N) is 1. The van der Waals surface area contributed by atoms with Crippen molar-refractivity contribution < 1.29 is 22.7 Å². The highest BCUT2D eigenvalue weighted by atomic mass is 32.2. The third-order valence-corrected chi connectivity index (χ3v) is 8.72. The highest BCUT2D eigenvalue weighted by molar-refractivity contribution is 7.92. The van der Waals surface area contributed by atoms with Crippen molar-refractivity contribution in [3.63, 3.8) is 0 Å². The first-order valence-electron chi connectivity index (χ1n) is 14.5. The summed E-state index contributed by atoms with van der Waals surface area (Å²) in [7, 11) is -3.56. The van der Waals surface area contributed by atoms with Crippen LogP contribution in [0.25, 0.3) is 0 Å². The predicted molar refractivity (Wildman–Crippen MR) is 160 cm³/mol. The zero-order valence-electron chi connectivity index (χ0n) is 24.4. The number of rotatable bonds is 14. The van der Waals surface area contributed by atoms with Crippen LogP contribution in [0.4, 0.5) is 5.69 Å². The Morgan fingerprint density at radius 2 is 1.70 bits per heavy atom. The molecule has 2 aromatic rings. The fraction of sp³-hybridized carbons (Fsp3) is 0.548. The third kappa shape index (κ3) is 8.98. The molecule has 0 spiro atoms. The molecule has 40 heavy (non-hydrogen) atoms. The molecule has 1 saturated carbocycles. The first-order valence-corrected chi connectivity index (χ1v) is 16.3. The molecule has 1 atom stereocenters. The molecule has 0 bridgehead atoms. The smallest absolute Gasteiger partial charge is 0.243 e. The van der Waals surface area contributed by atoms with Crippen molar-refractivity contribution in [2.75, 3.05) is 23.7 Å². The van der Waals surface area contributed by atoms with Gasteiger partial charge in [-0.1, -0.05) is 50.5 Å².